The van der Waals surface area contributed by atoms with Crippen molar-refractivity contribution in [2.75, 3.05) is 7.05 Å². The summed E-state index contributed by atoms with van der Waals surface area (Å²) in [5.74, 6) is 0.695. The molecular formula is C10H11BrN4. The molecule has 0 saturated carbocycles. The Balaban J connectivity index is 2.67. The normalized spacial score (nSPS) is 10.9. The Bertz CT molecular complexity index is 391. The lowest BCUT2D eigenvalue weighted by Crippen LogP contribution is -2.23. The first-order chi connectivity index (χ1) is 7.13. The van der Waals surface area contributed by atoms with Gasteiger partial charge in [-0.3, -0.25) is 0 Å². The Kier molecular flexibility index (Phi) is 4.25. The van der Waals surface area contributed by atoms with Crippen LogP contribution in [0, 0.1) is 11.5 Å². The Morgan fingerprint density at radius 1 is 1.67 bits per heavy atom. The van der Waals surface area contributed by atoms with Crippen molar-refractivity contribution in [2.24, 2.45) is 4.99 Å². The van der Waals surface area contributed by atoms with E-state index in [1.54, 1.807) is 19.3 Å². The van der Waals surface area contributed by atoms with Gasteiger partial charge in [0, 0.05) is 19.8 Å². The number of aliphatic imine (C=N–C) groups is 1. The zero-order valence-electron chi connectivity index (χ0n) is 8.61. The zero-order chi connectivity index (χ0) is 11.3. The van der Waals surface area contributed by atoms with Crippen molar-refractivity contribution >= 4 is 21.8 Å². The molecule has 0 fully saturated rings. The van der Waals surface area contributed by atoms with Crippen LogP contribution in [0.1, 0.15) is 12.5 Å². The van der Waals surface area contributed by atoms with E-state index in [0.717, 1.165) is 10.2 Å². The van der Waals surface area contributed by atoms with Crippen LogP contribution in [0.15, 0.2) is 27.9 Å². The highest BCUT2D eigenvalue weighted by Crippen LogP contribution is 2.08. The maximum atomic E-state index is 8.41. The lowest BCUT2D eigenvalue weighted by atomic mass is 10.3. The van der Waals surface area contributed by atoms with Crippen LogP contribution in [0.2, 0.25) is 0 Å². The molecule has 5 heteroatoms. The van der Waals surface area contributed by atoms with E-state index in [2.05, 4.69) is 25.9 Å². The first-order valence-corrected chi connectivity index (χ1v) is 5.17. The number of hydrogen-bond acceptors (Lipinski definition) is 3. The molecule has 0 atom stereocenters. The fourth-order valence-electron chi connectivity index (χ4n) is 1.05. The van der Waals surface area contributed by atoms with Crippen molar-refractivity contribution in [3.05, 3.63) is 28.5 Å². The summed E-state index contributed by atoms with van der Waals surface area (Å²) in [6.45, 7) is 2.49. The van der Waals surface area contributed by atoms with Crippen molar-refractivity contribution in [3.63, 3.8) is 0 Å². The SMILES string of the molecule is CC(=NC#N)N(C)Cc1ccc(Br)nc1. The molecule has 0 aliphatic carbocycles. The molecular weight excluding hydrogens is 256 g/mol. The molecule has 1 aromatic heterocycles. The standard InChI is InChI=1S/C10H11BrN4/c1-8(14-7-12)15(2)6-9-3-4-10(11)13-5-9/h3-5H,6H2,1-2H3. The lowest BCUT2D eigenvalue weighted by molar-refractivity contribution is 0.497. The average molecular weight is 267 g/mol. The van der Waals surface area contributed by atoms with Crippen molar-refractivity contribution < 1.29 is 0 Å². The highest BCUT2D eigenvalue weighted by Gasteiger charge is 2.02. The molecule has 78 valence electrons. The van der Waals surface area contributed by atoms with E-state index in [1.165, 1.54) is 0 Å². The van der Waals surface area contributed by atoms with Gasteiger partial charge in [0.25, 0.3) is 0 Å². The number of aromatic nitrogens is 1. The largest absolute Gasteiger partial charge is 0.358 e. The highest BCUT2D eigenvalue weighted by molar-refractivity contribution is 9.10. The van der Waals surface area contributed by atoms with Crippen LogP contribution in [0.4, 0.5) is 0 Å². The molecule has 0 saturated heterocycles. The summed E-state index contributed by atoms with van der Waals surface area (Å²) in [4.78, 5) is 9.68. The van der Waals surface area contributed by atoms with E-state index in [-0.39, 0.29) is 0 Å². The molecule has 0 amide bonds. The zero-order valence-corrected chi connectivity index (χ0v) is 10.2. The monoisotopic (exact) mass is 266 g/mol. The first-order valence-electron chi connectivity index (χ1n) is 4.38. The van der Waals surface area contributed by atoms with Gasteiger partial charge in [0.05, 0.1) is 0 Å². The van der Waals surface area contributed by atoms with Gasteiger partial charge in [0.1, 0.15) is 10.4 Å². The first kappa shape index (κ1) is 11.7. The molecule has 1 aromatic rings. The molecule has 0 N–H and O–H groups in total. The number of halogens is 1. The number of nitrogens with zero attached hydrogens (tertiary/aromatic N) is 4. The maximum absolute atomic E-state index is 8.41. The van der Waals surface area contributed by atoms with Crippen molar-refractivity contribution in [1.82, 2.24) is 9.88 Å². The van der Waals surface area contributed by atoms with Gasteiger partial charge in [0.15, 0.2) is 0 Å². The third-order valence-corrected chi connectivity index (χ3v) is 2.44. The number of nitriles is 1. The van der Waals surface area contributed by atoms with Crippen molar-refractivity contribution in [3.8, 4) is 6.19 Å². The van der Waals surface area contributed by atoms with Crippen molar-refractivity contribution in [2.45, 2.75) is 13.5 Å². The summed E-state index contributed by atoms with van der Waals surface area (Å²) in [5.41, 5.74) is 1.08. The smallest absolute Gasteiger partial charge is 0.207 e. The van der Waals surface area contributed by atoms with E-state index in [1.807, 2.05) is 24.1 Å². The Morgan fingerprint density at radius 3 is 2.93 bits per heavy atom. The fourth-order valence-corrected chi connectivity index (χ4v) is 1.28. The van der Waals surface area contributed by atoms with Gasteiger partial charge in [-0.15, -0.1) is 0 Å². The molecule has 0 radical (unpaired) electrons. The summed E-state index contributed by atoms with van der Waals surface area (Å²) >= 11 is 3.27. The van der Waals surface area contributed by atoms with Gasteiger partial charge in [-0.2, -0.15) is 10.3 Å². The Labute approximate surface area is 97.4 Å². The van der Waals surface area contributed by atoms with Crippen LogP contribution in [0.3, 0.4) is 0 Å². The molecule has 15 heavy (non-hydrogen) atoms. The number of hydrogen-bond donors (Lipinski definition) is 0. The predicted molar refractivity (Wildman–Crippen MR) is 62.1 cm³/mol. The summed E-state index contributed by atoms with van der Waals surface area (Å²) < 4.78 is 0.816. The van der Waals surface area contributed by atoms with Crippen LogP contribution in [0.25, 0.3) is 0 Å². The van der Waals surface area contributed by atoms with Gasteiger partial charge in [-0.1, -0.05) is 6.07 Å². The van der Waals surface area contributed by atoms with Gasteiger partial charge < -0.3 is 4.90 Å². The van der Waals surface area contributed by atoms with Gasteiger partial charge in [-0.05, 0) is 34.5 Å². The molecule has 0 aliphatic heterocycles. The van der Waals surface area contributed by atoms with Crippen LogP contribution in [-0.2, 0) is 6.54 Å². The quantitative estimate of drug-likeness (QED) is 0.357. The van der Waals surface area contributed by atoms with Gasteiger partial charge in [-0.25, -0.2) is 4.98 Å². The maximum Gasteiger partial charge on any atom is 0.207 e. The second-order valence-electron chi connectivity index (χ2n) is 3.10. The minimum atomic E-state index is 0.692. The molecule has 0 aliphatic rings. The molecule has 1 heterocycles. The second-order valence-corrected chi connectivity index (χ2v) is 3.92. The predicted octanol–water partition coefficient (Wildman–Crippen LogP) is 2.18. The van der Waals surface area contributed by atoms with Gasteiger partial charge >= 0.3 is 0 Å². The molecule has 0 unspecified atom stereocenters. The summed E-state index contributed by atoms with van der Waals surface area (Å²) in [6.07, 6.45) is 3.56. The van der Waals surface area contributed by atoms with Crippen LogP contribution in [-0.4, -0.2) is 22.8 Å². The van der Waals surface area contributed by atoms with Gasteiger partial charge in [0.2, 0.25) is 6.19 Å². The second kappa shape index (κ2) is 5.47. The Morgan fingerprint density at radius 2 is 2.40 bits per heavy atom. The summed E-state index contributed by atoms with van der Waals surface area (Å²) in [7, 11) is 1.89. The number of amidine groups is 1. The molecule has 0 bridgehead atoms. The number of pyridine rings is 1. The minimum Gasteiger partial charge on any atom is -0.358 e. The van der Waals surface area contributed by atoms with E-state index >= 15 is 0 Å². The van der Waals surface area contributed by atoms with E-state index < -0.39 is 0 Å². The Hall–Kier alpha value is -1.41. The molecule has 0 spiro atoms. The average Bonchev–Trinajstić information content (AvgIpc) is 2.22. The number of rotatable bonds is 2. The fraction of sp³-hybridized carbons (Fsp3) is 0.300. The van der Waals surface area contributed by atoms with E-state index in [0.29, 0.717) is 12.4 Å². The van der Waals surface area contributed by atoms with Crippen LogP contribution < -0.4 is 0 Å². The third-order valence-electron chi connectivity index (χ3n) is 1.97. The summed E-state index contributed by atoms with van der Waals surface area (Å²) in [6, 6.07) is 3.87. The molecule has 1 rings (SSSR count). The van der Waals surface area contributed by atoms with E-state index in [9.17, 15) is 0 Å². The topological polar surface area (TPSA) is 52.3 Å². The van der Waals surface area contributed by atoms with E-state index in [4.69, 9.17) is 5.26 Å². The van der Waals surface area contributed by atoms with Crippen molar-refractivity contribution in [1.29, 1.82) is 5.26 Å². The van der Waals surface area contributed by atoms with Crippen LogP contribution in [0.5, 0.6) is 0 Å². The van der Waals surface area contributed by atoms with Crippen LogP contribution >= 0.6 is 15.9 Å². The molecule has 0 aromatic carbocycles. The summed E-state index contributed by atoms with van der Waals surface area (Å²) in [5, 5.41) is 8.41. The highest BCUT2D eigenvalue weighted by atomic mass is 79.9. The minimum absolute atomic E-state index is 0.692. The lowest BCUT2D eigenvalue weighted by Gasteiger charge is -2.17. The third kappa shape index (κ3) is 3.68. The molecule has 4 nitrogen and oxygen atoms in total.